The average molecular weight is 184 g/mol. The van der Waals surface area contributed by atoms with Crippen LogP contribution in [-0.2, 0) is 4.74 Å². The molecule has 13 heavy (non-hydrogen) atoms. The number of aliphatic hydroxyl groups is 1. The van der Waals surface area contributed by atoms with Crippen molar-refractivity contribution in [3.8, 4) is 0 Å². The van der Waals surface area contributed by atoms with Crippen LogP contribution in [0.2, 0.25) is 0 Å². The highest BCUT2D eigenvalue weighted by atomic mass is 16.6. The lowest BCUT2D eigenvalue weighted by molar-refractivity contribution is -0.0979. The van der Waals surface area contributed by atoms with Crippen molar-refractivity contribution in [3.05, 3.63) is 11.6 Å². The highest BCUT2D eigenvalue weighted by Crippen LogP contribution is 2.26. The van der Waals surface area contributed by atoms with E-state index in [0.29, 0.717) is 24.4 Å². The molecule has 2 nitrogen and oxygen atoms in total. The van der Waals surface area contributed by atoms with Gasteiger partial charge in [0.25, 0.3) is 0 Å². The molecule has 0 bridgehead atoms. The maximum atomic E-state index is 9.55. The second-order valence-corrected chi connectivity index (χ2v) is 4.41. The van der Waals surface area contributed by atoms with E-state index in [1.54, 1.807) is 0 Å². The Labute approximate surface area is 80.6 Å². The largest absolute Gasteiger partial charge is 0.364 e. The molecule has 0 saturated carbocycles. The van der Waals surface area contributed by atoms with E-state index in [1.165, 1.54) is 0 Å². The van der Waals surface area contributed by atoms with Crippen molar-refractivity contribution in [3.63, 3.8) is 0 Å². The lowest BCUT2D eigenvalue weighted by Crippen LogP contribution is -2.29. The van der Waals surface area contributed by atoms with Gasteiger partial charge in [0.05, 0.1) is 6.61 Å². The van der Waals surface area contributed by atoms with E-state index in [1.807, 2.05) is 0 Å². The first-order valence-electron chi connectivity index (χ1n) is 5.03. The maximum Gasteiger partial charge on any atom is 0.177 e. The van der Waals surface area contributed by atoms with Crippen molar-refractivity contribution in [2.75, 3.05) is 6.61 Å². The van der Waals surface area contributed by atoms with E-state index in [0.717, 1.165) is 5.57 Å². The topological polar surface area (TPSA) is 29.5 Å². The van der Waals surface area contributed by atoms with Gasteiger partial charge in [-0.1, -0.05) is 33.8 Å². The van der Waals surface area contributed by atoms with E-state index in [9.17, 15) is 5.11 Å². The lowest BCUT2D eigenvalue weighted by Gasteiger charge is -2.29. The summed E-state index contributed by atoms with van der Waals surface area (Å²) < 4.78 is 5.31. The summed E-state index contributed by atoms with van der Waals surface area (Å²) in [6, 6.07) is 0. The molecule has 0 radical (unpaired) electrons. The molecule has 0 aliphatic carbocycles. The summed E-state index contributed by atoms with van der Waals surface area (Å²) in [6.45, 7) is 9.18. The molecule has 0 saturated heterocycles. The summed E-state index contributed by atoms with van der Waals surface area (Å²) in [5.74, 6) is 1.42. The van der Waals surface area contributed by atoms with Gasteiger partial charge in [-0.3, -0.25) is 0 Å². The summed E-state index contributed by atoms with van der Waals surface area (Å²) in [5, 5.41) is 9.55. The predicted molar refractivity (Wildman–Crippen MR) is 53.2 cm³/mol. The Bertz CT molecular complexity index is 194. The van der Waals surface area contributed by atoms with E-state index >= 15 is 0 Å². The fourth-order valence-corrected chi connectivity index (χ4v) is 1.54. The first-order valence-corrected chi connectivity index (χ1v) is 5.03. The van der Waals surface area contributed by atoms with Gasteiger partial charge in [0, 0.05) is 5.92 Å². The van der Waals surface area contributed by atoms with Gasteiger partial charge in [-0.25, -0.2) is 0 Å². The smallest absolute Gasteiger partial charge is 0.177 e. The van der Waals surface area contributed by atoms with E-state index in [4.69, 9.17) is 4.74 Å². The van der Waals surface area contributed by atoms with Crippen molar-refractivity contribution in [2.45, 2.75) is 34.0 Å². The van der Waals surface area contributed by atoms with Gasteiger partial charge in [0.1, 0.15) is 0 Å². The van der Waals surface area contributed by atoms with Crippen LogP contribution in [0.4, 0.5) is 0 Å². The van der Waals surface area contributed by atoms with Crippen LogP contribution in [0.3, 0.4) is 0 Å². The fourth-order valence-electron chi connectivity index (χ4n) is 1.54. The van der Waals surface area contributed by atoms with Gasteiger partial charge >= 0.3 is 0 Å². The number of ether oxygens (including phenoxy) is 1. The van der Waals surface area contributed by atoms with Crippen LogP contribution >= 0.6 is 0 Å². The monoisotopic (exact) mass is 184 g/mol. The van der Waals surface area contributed by atoms with Gasteiger partial charge in [0.2, 0.25) is 0 Å². The first kappa shape index (κ1) is 10.7. The van der Waals surface area contributed by atoms with Gasteiger partial charge in [-0.05, 0) is 17.4 Å². The normalized spacial score (nSPS) is 29.6. The molecule has 2 unspecified atom stereocenters. The third-order valence-corrected chi connectivity index (χ3v) is 2.66. The molecule has 0 aromatic rings. The van der Waals surface area contributed by atoms with Crippen molar-refractivity contribution in [2.24, 2.45) is 17.8 Å². The number of hydrogen-bond acceptors (Lipinski definition) is 2. The molecule has 1 aliphatic rings. The third-order valence-electron chi connectivity index (χ3n) is 2.66. The molecule has 0 fully saturated rings. The molecule has 2 heteroatoms. The molecule has 1 N–H and O–H groups in total. The van der Waals surface area contributed by atoms with Gasteiger partial charge in [-0.15, -0.1) is 0 Å². The highest BCUT2D eigenvalue weighted by molar-refractivity contribution is 5.12. The van der Waals surface area contributed by atoms with Crippen LogP contribution in [-0.4, -0.2) is 18.0 Å². The van der Waals surface area contributed by atoms with Crippen LogP contribution in [0.15, 0.2) is 11.6 Å². The van der Waals surface area contributed by atoms with Crippen LogP contribution in [0.1, 0.15) is 27.7 Å². The minimum absolute atomic E-state index is 0.372. The standard InChI is InChI=1S/C11H20O2/c1-7(2)9-5-10(8(3)4)11(12)13-6-9/h5,7-9,11-12H,6H2,1-4H3. The third kappa shape index (κ3) is 2.55. The van der Waals surface area contributed by atoms with Gasteiger partial charge in [0.15, 0.2) is 6.29 Å². The first-order chi connectivity index (χ1) is 6.02. The maximum absolute atomic E-state index is 9.55. The summed E-state index contributed by atoms with van der Waals surface area (Å²) >= 11 is 0. The second-order valence-electron chi connectivity index (χ2n) is 4.41. The van der Waals surface area contributed by atoms with Crippen LogP contribution in [0.5, 0.6) is 0 Å². The Morgan fingerprint density at radius 1 is 1.38 bits per heavy atom. The molecule has 2 atom stereocenters. The quantitative estimate of drug-likeness (QED) is 0.667. The summed E-state index contributed by atoms with van der Waals surface area (Å²) in [7, 11) is 0. The van der Waals surface area contributed by atoms with Crippen molar-refractivity contribution < 1.29 is 9.84 Å². The summed E-state index contributed by atoms with van der Waals surface area (Å²) in [6.07, 6.45) is 1.51. The molecule has 0 spiro atoms. The zero-order valence-electron chi connectivity index (χ0n) is 8.95. The zero-order chi connectivity index (χ0) is 10.0. The number of rotatable bonds is 2. The Kier molecular flexibility index (Phi) is 3.51. The Balaban J connectivity index is 2.76. The van der Waals surface area contributed by atoms with Gasteiger partial charge < -0.3 is 9.84 Å². The molecule has 1 heterocycles. The zero-order valence-corrected chi connectivity index (χ0v) is 8.95. The minimum Gasteiger partial charge on any atom is -0.364 e. The number of aliphatic hydroxyl groups excluding tert-OH is 1. The molecule has 0 aromatic carbocycles. The molecular formula is C11H20O2. The molecule has 0 amide bonds. The molecule has 0 aromatic heterocycles. The van der Waals surface area contributed by atoms with E-state index in [-0.39, 0.29) is 0 Å². The summed E-state index contributed by atoms with van der Waals surface area (Å²) in [4.78, 5) is 0. The fraction of sp³-hybridized carbons (Fsp3) is 0.818. The van der Waals surface area contributed by atoms with Crippen LogP contribution in [0, 0.1) is 17.8 Å². The Morgan fingerprint density at radius 2 is 2.00 bits per heavy atom. The van der Waals surface area contributed by atoms with Crippen molar-refractivity contribution >= 4 is 0 Å². The molecule has 1 aliphatic heterocycles. The van der Waals surface area contributed by atoms with Gasteiger partial charge in [-0.2, -0.15) is 0 Å². The average Bonchev–Trinajstić information content (AvgIpc) is 2.04. The summed E-state index contributed by atoms with van der Waals surface area (Å²) in [5.41, 5.74) is 1.03. The molecule has 76 valence electrons. The molecular weight excluding hydrogens is 164 g/mol. The SMILES string of the molecule is CC(C)C1=CC(C(C)C)COC1O. The lowest BCUT2D eigenvalue weighted by atomic mass is 9.89. The number of hydrogen-bond donors (Lipinski definition) is 1. The van der Waals surface area contributed by atoms with Crippen LogP contribution in [0.25, 0.3) is 0 Å². The van der Waals surface area contributed by atoms with E-state index < -0.39 is 6.29 Å². The Hall–Kier alpha value is -0.340. The van der Waals surface area contributed by atoms with Crippen molar-refractivity contribution in [1.29, 1.82) is 0 Å². The van der Waals surface area contributed by atoms with E-state index in [2.05, 4.69) is 33.8 Å². The minimum atomic E-state index is -0.671. The molecule has 1 rings (SSSR count). The Morgan fingerprint density at radius 3 is 2.46 bits per heavy atom. The highest BCUT2D eigenvalue weighted by Gasteiger charge is 2.24. The van der Waals surface area contributed by atoms with Crippen LogP contribution < -0.4 is 0 Å². The predicted octanol–water partition coefficient (Wildman–Crippen LogP) is 2.19. The second kappa shape index (κ2) is 4.25. The van der Waals surface area contributed by atoms with Crippen molar-refractivity contribution in [1.82, 2.24) is 0 Å².